The second kappa shape index (κ2) is 6.02. The topological polar surface area (TPSA) is 55.8 Å². The number of pyridine rings is 2. The summed E-state index contributed by atoms with van der Waals surface area (Å²) < 4.78 is 26.0. The predicted octanol–water partition coefficient (Wildman–Crippen LogP) is 1.82. The first kappa shape index (κ1) is 17.9. The van der Waals surface area contributed by atoms with Gasteiger partial charge in [0, 0.05) is 63.2 Å². The number of nitrogens with zero attached hydrogens (tertiary/aromatic N) is 6. The van der Waals surface area contributed by atoms with Crippen molar-refractivity contribution in [2.45, 2.75) is 0 Å². The average Bonchev–Trinajstić information content (AvgIpc) is 2.60. The molecule has 2 aromatic heterocycles. The van der Waals surface area contributed by atoms with Gasteiger partial charge in [-0.25, -0.2) is 23.5 Å². The van der Waals surface area contributed by atoms with Gasteiger partial charge in [-0.3, -0.25) is 0 Å². The molecule has 6 rings (SSSR count). The molecule has 0 radical (unpaired) electrons. The van der Waals surface area contributed by atoms with Gasteiger partial charge in [0.1, 0.15) is 23.3 Å². The van der Waals surface area contributed by atoms with E-state index in [4.69, 9.17) is 0 Å². The first-order valence-corrected chi connectivity index (χ1v) is 10.2. The Bertz CT molecular complexity index is 890. The van der Waals surface area contributed by atoms with E-state index < -0.39 is 0 Å². The van der Waals surface area contributed by atoms with Gasteiger partial charge in [-0.1, -0.05) is 0 Å². The van der Waals surface area contributed by atoms with Crippen LogP contribution in [-0.2, 0) is 0 Å². The molecule has 0 aromatic carbocycles. The minimum atomic E-state index is -0.328. The van der Waals surface area contributed by atoms with Crippen molar-refractivity contribution in [1.82, 2.24) is 19.8 Å². The van der Waals surface area contributed by atoms with Crippen LogP contribution in [0.15, 0.2) is 36.7 Å². The largest absolute Gasteiger partial charge is 0.355 e. The van der Waals surface area contributed by atoms with Crippen molar-refractivity contribution >= 4 is 17.7 Å². The van der Waals surface area contributed by atoms with Gasteiger partial charge >= 0.3 is 6.03 Å². The highest BCUT2D eigenvalue weighted by Gasteiger charge is 2.58. The van der Waals surface area contributed by atoms with Gasteiger partial charge in [0.05, 0.1) is 12.4 Å². The number of carbonyl (C=O) groups excluding carboxylic acids is 1. The summed E-state index contributed by atoms with van der Waals surface area (Å²) in [5.74, 6) is 0.929. The second-order valence-corrected chi connectivity index (χ2v) is 9.38. The number of hydrogen-bond donors (Lipinski definition) is 0. The van der Waals surface area contributed by atoms with E-state index in [2.05, 4.69) is 19.8 Å². The van der Waals surface area contributed by atoms with Crippen molar-refractivity contribution < 1.29 is 13.6 Å². The van der Waals surface area contributed by atoms with Crippen LogP contribution in [0, 0.1) is 22.5 Å². The molecular formula is C21H22F2N6O. The number of aromatic nitrogens is 2. The summed E-state index contributed by atoms with van der Waals surface area (Å²) in [6.07, 6.45) is 2.48. The third-order valence-electron chi connectivity index (χ3n) is 6.82. The molecule has 4 aliphatic heterocycles. The Balaban J connectivity index is 0.964. The van der Waals surface area contributed by atoms with Crippen molar-refractivity contribution in [3.05, 3.63) is 48.3 Å². The Labute approximate surface area is 172 Å². The summed E-state index contributed by atoms with van der Waals surface area (Å²) in [4.78, 5) is 29.1. The van der Waals surface area contributed by atoms with Gasteiger partial charge < -0.3 is 19.6 Å². The van der Waals surface area contributed by atoms with E-state index in [1.807, 2.05) is 9.80 Å². The lowest BCUT2D eigenvalue weighted by Gasteiger charge is -2.64. The predicted molar refractivity (Wildman–Crippen MR) is 106 cm³/mol. The van der Waals surface area contributed by atoms with Gasteiger partial charge in [-0.15, -0.1) is 0 Å². The number of hydrogen-bond acceptors (Lipinski definition) is 5. The lowest BCUT2D eigenvalue weighted by Crippen LogP contribution is -2.78. The molecule has 2 amide bonds. The highest BCUT2D eigenvalue weighted by Crippen LogP contribution is 2.45. The summed E-state index contributed by atoms with van der Waals surface area (Å²) in [6.45, 7) is 6.55. The highest BCUT2D eigenvalue weighted by atomic mass is 19.1. The molecule has 4 aliphatic rings. The van der Waals surface area contributed by atoms with Crippen LogP contribution in [0.1, 0.15) is 0 Å². The van der Waals surface area contributed by atoms with Crippen molar-refractivity contribution in [3.8, 4) is 0 Å². The Morgan fingerprint density at radius 2 is 1.10 bits per heavy atom. The van der Waals surface area contributed by atoms with Crippen LogP contribution in [0.3, 0.4) is 0 Å². The Kier molecular flexibility index (Phi) is 3.58. The molecule has 156 valence electrons. The van der Waals surface area contributed by atoms with Gasteiger partial charge in [0.25, 0.3) is 0 Å². The Hall–Kier alpha value is -2.97. The lowest BCUT2D eigenvalue weighted by atomic mass is 9.71. The van der Waals surface area contributed by atoms with Gasteiger partial charge in [0.2, 0.25) is 0 Å². The van der Waals surface area contributed by atoms with Crippen molar-refractivity contribution in [2.75, 3.05) is 62.2 Å². The van der Waals surface area contributed by atoms with Crippen LogP contribution in [0.25, 0.3) is 0 Å². The lowest BCUT2D eigenvalue weighted by molar-refractivity contribution is -0.0444. The molecule has 30 heavy (non-hydrogen) atoms. The first-order valence-electron chi connectivity index (χ1n) is 10.2. The van der Waals surface area contributed by atoms with E-state index in [0.717, 1.165) is 64.0 Å². The fraction of sp³-hybridized carbons (Fsp3) is 0.476. The normalized spacial score (nSPS) is 23.0. The smallest absolute Gasteiger partial charge is 0.320 e. The molecular weight excluding hydrogens is 390 g/mol. The average molecular weight is 412 g/mol. The molecule has 0 bridgehead atoms. The van der Waals surface area contributed by atoms with Crippen LogP contribution in [0.4, 0.5) is 25.2 Å². The molecule has 0 aliphatic carbocycles. The van der Waals surface area contributed by atoms with Crippen LogP contribution in [0.2, 0.25) is 0 Å². The van der Waals surface area contributed by atoms with E-state index in [1.165, 1.54) is 24.5 Å². The van der Waals surface area contributed by atoms with E-state index >= 15 is 0 Å². The van der Waals surface area contributed by atoms with Crippen molar-refractivity contribution in [2.24, 2.45) is 10.8 Å². The van der Waals surface area contributed by atoms with E-state index in [-0.39, 0.29) is 28.5 Å². The Morgan fingerprint density at radius 1 is 0.700 bits per heavy atom. The zero-order valence-corrected chi connectivity index (χ0v) is 16.5. The molecule has 2 aromatic rings. The maximum Gasteiger partial charge on any atom is 0.320 e. The number of rotatable bonds is 2. The van der Waals surface area contributed by atoms with Gasteiger partial charge in [0.15, 0.2) is 0 Å². The van der Waals surface area contributed by atoms with E-state index in [0.29, 0.717) is 0 Å². The molecule has 2 spiro atoms. The number of likely N-dealkylation sites (tertiary alicyclic amines) is 2. The van der Waals surface area contributed by atoms with Crippen LogP contribution in [-0.4, -0.2) is 78.2 Å². The molecule has 4 saturated heterocycles. The van der Waals surface area contributed by atoms with Crippen LogP contribution < -0.4 is 9.80 Å². The van der Waals surface area contributed by atoms with Crippen molar-refractivity contribution in [1.29, 1.82) is 0 Å². The summed E-state index contributed by atoms with van der Waals surface area (Å²) in [5, 5.41) is 0. The van der Waals surface area contributed by atoms with Crippen molar-refractivity contribution in [3.63, 3.8) is 0 Å². The fourth-order valence-corrected chi connectivity index (χ4v) is 5.36. The highest BCUT2D eigenvalue weighted by molar-refractivity contribution is 5.77. The minimum absolute atomic E-state index is 0.128. The molecule has 0 atom stereocenters. The number of urea groups is 1. The first-order chi connectivity index (χ1) is 14.4. The standard InChI is InChI=1S/C21H22F2N6O/c22-15-1-3-17(24-5-15)26-7-20(8-26)11-28(12-20)19(30)29-13-21(14-29)9-27(10-21)18-4-2-16(23)6-25-18/h1-6H,7-14H2. The molecule has 4 fully saturated rings. The zero-order chi connectivity index (χ0) is 20.5. The minimum Gasteiger partial charge on any atom is -0.355 e. The third kappa shape index (κ3) is 2.71. The number of carbonyl (C=O) groups is 1. The summed E-state index contributed by atoms with van der Waals surface area (Å²) >= 11 is 0. The summed E-state index contributed by atoms with van der Waals surface area (Å²) in [6, 6.07) is 6.39. The fourth-order valence-electron chi connectivity index (χ4n) is 5.36. The SMILES string of the molecule is O=C(N1CC2(C1)CN(c1ccc(F)cn1)C2)N1CC2(C1)CN(c1ccc(F)cn1)C2. The number of halogens is 2. The summed E-state index contributed by atoms with van der Waals surface area (Å²) in [5.41, 5.74) is 0.325. The number of anilines is 2. The quantitative estimate of drug-likeness (QED) is 0.753. The molecule has 0 unspecified atom stereocenters. The molecule has 9 heteroatoms. The van der Waals surface area contributed by atoms with E-state index in [1.54, 1.807) is 12.1 Å². The maximum atomic E-state index is 13.0. The van der Waals surface area contributed by atoms with Gasteiger partial charge in [-0.05, 0) is 24.3 Å². The van der Waals surface area contributed by atoms with E-state index in [9.17, 15) is 13.6 Å². The third-order valence-corrected chi connectivity index (χ3v) is 6.82. The zero-order valence-electron chi connectivity index (χ0n) is 16.5. The maximum absolute atomic E-state index is 13.0. The molecule has 6 heterocycles. The van der Waals surface area contributed by atoms with Crippen LogP contribution in [0.5, 0.6) is 0 Å². The van der Waals surface area contributed by atoms with Gasteiger partial charge in [-0.2, -0.15) is 0 Å². The monoisotopic (exact) mass is 412 g/mol. The van der Waals surface area contributed by atoms with Crippen LogP contribution >= 0.6 is 0 Å². The molecule has 0 saturated carbocycles. The Morgan fingerprint density at radius 3 is 1.43 bits per heavy atom. The number of amides is 2. The molecule has 0 N–H and O–H groups in total. The second-order valence-electron chi connectivity index (χ2n) is 9.38. The molecule has 7 nitrogen and oxygen atoms in total. The summed E-state index contributed by atoms with van der Waals surface area (Å²) in [7, 11) is 0.